The predicted molar refractivity (Wildman–Crippen MR) is 78.8 cm³/mol. The van der Waals surface area contributed by atoms with Crippen LogP contribution < -0.4 is 10.5 Å². The molecule has 0 amide bonds. The number of rotatable bonds is 2. The summed E-state index contributed by atoms with van der Waals surface area (Å²) < 4.78 is 6.50. The lowest BCUT2D eigenvalue weighted by Crippen LogP contribution is -2.39. The zero-order valence-corrected chi connectivity index (χ0v) is 12.2. The smallest absolute Gasteiger partial charge is 0.126 e. The van der Waals surface area contributed by atoms with Crippen LogP contribution in [0.3, 0.4) is 0 Å². The molecule has 0 bridgehead atoms. The maximum absolute atomic E-state index is 6.50. The Labute approximate surface area is 116 Å². The number of nitrogens with two attached hydrogens (primary N) is 1. The van der Waals surface area contributed by atoms with Gasteiger partial charge < -0.3 is 10.5 Å². The van der Waals surface area contributed by atoms with Crippen LogP contribution in [-0.4, -0.2) is 12.1 Å². The summed E-state index contributed by atoms with van der Waals surface area (Å²) >= 11 is 0. The lowest BCUT2D eigenvalue weighted by atomic mass is 9.79. The molecule has 1 unspecified atom stereocenters. The molecule has 2 heteroatoms. The zero-order chi connectivity index (χ0) is 13.5. The Morgan fingerprint density at radius 2 is 2.00 bits per heavy atom. The first kappa shape index (κ1) is 13.0. The first-order valence-electron chi connectivity index (χ1n) is 7.64. The molecule has 1 saturated carbocycles. The van der Waals surface area contributed by atoms with Gasteiger partial charge in [-0.15, -0.1) is 0 Å². The Morgan fingerprint density at radius 1 is 1.26 bits per heavy atom. The van der Waals surface area contributed by atoms with Gasteiger partial charge in [0.2, 0.25) is 0 Å². The molecule has 1 aromatic rings. The van der Waals surface area contributed by atoms with Crippen molar-refractivity contribution in [3.8, 4) is 5.75 Å². The standard InChI is InChI=1S/C17H25NO/c1-12-9-13(2)16-15(10-12)14(5-8-18)11-17(19-16)6-3-4-7-17/h9-10,14H,3-8,11,18H2,1-2H3. The van der Waals surface area contributed by atoms with E-state index in [1.165, 1.54) is 48.8 Å². The van der Waals surface area contributed by atoms with Crippen LogP contribution in [0.5, 0.6) is 5.75 Å². The highest BCUT2D eigenvalue weighted by atomic mass is 16.5. The lowest BCUT2D eigenvalue weighted by Gasteiger charge is -2.41. The molecule has 1 aliphatic carbocycles. The number of hydrogen-bond donors (Lipinski definition) is 1. The van der Waals surface area contributed by atoms with Gasteiger partial charge in [0, 0.05) is 0 Å². The predicted octanol–water partition coefficient (Wildman–Crippen LogP) is 3.83. The molecule has 2 nitrogen and oxygen atoms in total. The Kier molecular flexibility index (Phi) is 3.30. The van der Waals surface area contributed by atoms with Crippen molar-refractivity contribution in [3.63, 3.8) is 0 Å². The minimum absolute atomic E-state index is 0.118. The first-order chi connectivity index (χ1) is 9.13. The highest BCUT2D eigenvalue weighted by Gasteiger charge is 2.43. The van der Waals surface area contributed by atoms with Crippen molar-refractivity contribution >= 4 is 0 Å². The molecule has 2 N–H and O–H groups in total. The van der Waals surface area contributed by atoms with Crippen molar-refractivity contribution in [2.45, 2.75) is 63.9 Å². The van der Waals surface area contributed by atoms with Crippen molar-refractivity contribution in [1.82, 2.24) is 0 Å². The first-order valence-corrected chi connectivity index (χ1v) is 7.64. The van der Waals surface area contributed by atoms with E-state index in [9.17, 15) is 0 Å². The Balaban J connectivity index is 2.03. The zero-order valence-electron chi connectivity index (χ0n) is 12.2. The largest absolute Gasteiger partial charge is 0.487 e. The van der Waals surface area contributed by atoms with Crippen LogP contribution in [-0.2, 0) is 0 Å². The minimum atomic E-state index is 0.118. The van der Waals surface area contributed by atoms with Crippen LogP contribution in [0.1, 0.15) is 61.1 Å². The van der Waals surface area contributed by atoms with Gasteiger partial charge in [-0.3, -0.25) is 0 Å². The van der Waals surface area contributed by atoms with Crippen molar-refractivity contribution < 1.29 is 4.74 Å². The molecular formula is C17H25NO. The summed E-state index contributed by atoms with van der Waals surface area (Å²) in [4.78, 5) is 0. The summed E-state index contributed by atoms with van der Waals surface area (Å²) in [5.41, 5.74) is 9.99. The quantitative estimate of drug-likeness (QED) is 0.876. The highest BCUT2D eigenvalue weighted by Crippen LogP contribution is 2.50. The van der Waals surface area contributed by atoms with E-state index in [2.05, 4.69) is 26.0 Å². The second kappa shape index (κ2) is 4.82. The van der Waals surface area contributed by atoms with Crippen molar-refractivity contribution in [2.75, 3.05) is 6.54 Å². The van der Waals surface area contributed by atoms with Crippen LogP contribution in [0.25, 0.3) is 0 Å². The van der Waals surface area contributed by atoms with E-state index in [1.54, 1.807) is 0 Å². The Morgan fingerprint density at radius 3 is 2.68 bits per heavy atom. The summed E-state index contributed by atoms with van der Waals surface area (Å²) in [6, 6.07) is 4.55. The van der Waals surface area contributed by atoms with Gasteiger partial charge in [-0.1, -0.05) is 17.7 Å². The summed E-state index contributed by atoms with van der Waals surface area (Å²) in [5.74, 6) is 1.75. The Bertz CT molecular complexity index is 474. The van der Waals surface area contributed by atoms with Gasteiger partial charge in [0.25, 0.3) is 0 Å². The summed E-state index contributed by atoms with van der Waals surface area (Å²) in [6.07, 6.45) is 7.33. The third kappa shape index (κ3) is 2.27. The topological polar surface area (TPSA) is 35.2 Å². The molecule has 1 heterocycles. The molecular weight excluding hydrogens is 234 g/mol. The SMILES string of the molecule is Cc1cc(C)c2c(c1)C(CCN)CC1(CCCC1)O2. The molecule has 2 aliphatic rings. The molecule has 0 saturated heterocycles. The van der Waals surface area contributed by atoms with Crippen molar-refractivity contribution in [3.05, 3.63) is 28.8 Å². The molecule has 1 atom stereocenters. The number of benzene rings is 1. The molecule has 1 spiro atoms. The van der Waals surface area contributed by atoms with Crippen LogP contribution in [0.15, 0.2) is 12.1 Å². The normalized spacial score (nSPS) is 24.3. The van der Waals surface area contributed by atoms with E-state index in [0.29, 0.717) is 5.92 Å². The average Bonchev–Trinajstić information content (AvgIpc) is 2.80. The number of fused-ring (bicyclic) bond motifs is 1. The van der Waals surface area contributed by atoms with Gasteiger partial charge in [0.05, 0.1) is 0 Å². The van der Waals surface area contributed by atoms with Gasteiger partial charge in [0.15, 0.2) is 0 Å². The van der Waals surface area contributed by atoms with Gasteiger partial charge in [-0.2, -0.15) is 0 Å². The van der Waals surface area contributed by atoms with E-state index in [-0.39, 0.29) is 5.60 Å². The second-order valence-electron chi connectivity index (χ2n) is 6.47. The number of ether oxygens (including phenoxy) is 1. The van der Waals surface area contributed by atoms with E-state index in [0.717, 1.165) is 18.7 Å². The van der Waals surface area contributed by atoms with Gasteiger partial charge >= 0.3 is 0 Å². The van der Waals surface area contributed by atoms with Crippen molar-refractivity contribution in [1.29, 1.82) is 0 Å². The van der Waals surface area contributed by atoms with Gasteiger partial charge in [-0.05, 0) is 76.0 Å². The fourth-order valence-electron chi connectivity index (χ4n) is 4.03. The van der Waals surface area contributed by atoms with Gasteiger partial charge in [0.1, 0.15) is 11.4 Å². The molecule has 0 aromatic heterocycles. The minimum Gasteiger partial charge on any atom is -0.487 e. The maximum atomic E-state index is 6.50. The fraction of sp³-hybridized carbons (Fsp3) is 0.647. The van der Waals surface area contributed by atoms with E-state index in [1.807, 2.05) is 0 Å². The van der Waals surface area contributed by atoms with Crippen LogP contribution >= 0.6 is 0 Å². The Hall–Kier alpha value is -1.02. The van der Waals surface area contributed by atoms with E-state index < -0.39 is 0 Å². The summed E-state index contributed by atoms with van der Waals surface area (Å²) in [7, 11) is 0. The maximum Gasteiger partial charge on any atom is 0.126 e. The number of aryl methyl sites for hydroxylation is 2. The van der Waals surface area contributed by atoms with E-state index in [4.69, 9.17) is 10.5 Å². The monoisotopic (exact) mass is 259 g/mol. The van der Waals surface area contributed by atoms with Crippen molar-refractivity contribution in [2.24, 2.45) is 5.73 Å². The molecule has 1 fully saturated rings. The average molecular weight is 259 g/mol. The molecule has 1 aromatic carbocycles. The fourth-order valence-corrected chi connectivity index (χ4v) is 4.03. The third-order valence-corrected chi connectivity index (χ3v) is 4.85. The number of hydrogen-bond acceptors (Lipinski definition) is 2. The third-order valence-electron chi connectivity index (χ3n) is 4.85. The molecule has 19 heavy (non-hydrogen) atoms. The van der Waals surface area contributed by atoms with Crippen LogP contribution in [0.2, 0.25) is 0 Å². The second-order valence-corrected chi connectivity index (χ2v) is 6.47. The summed E-state index contributed by atoms with van der Waals surface area (Å²) in [5, 5.41) is 0. The molecule has 1 aliphatic heterocycles. The van der Waals surface area contributed by atoms with Crippen LogP contribution in [0, 0.1) is 13.8 Å². The highest BCUT2D eigenvalue weighted by molar-refractivity contribution is 5.48. The molecule has 0 radical (unpaired) electrons. The summed E-state index contributed by atoms with van der Waals surface area (Å²) in [6.45, 7) is 5.12. The van der Waals surface area contributed by atoms with Crippen LogP contribution in [0.4, 0.5) is 0 Å². The van der Waals surface area contributed by atoms with Gasteiger partial charge in [-0.25, -0.2) is 0 Å². The molecule has 3 rings (SSSR count). The van der Waals surface area contributed by atoms with E-state index >= 15 is 0 Å². The molecule has 104 valence electrons. The lowest BCUT2D eigenvalue weighted by molar-refractivity contribution is 0.0400.